The maximum Gasteiger partial charge on any atom is 0.187 e. The zero-order chi connectivity index (χ0) is 23.2. The Kier molecular flexibility index (Phi) is 7.91. The van der Waals surface area contributed by atoms with Crippen molar-refractivity contribution in [3.05, 3.63) is 0 Å². The Morgan fingerprint density at radius 3 is 1.32 bits per heavy atom. The lowest BCUT2D eigenvalue weighted by Crippen LogP contribution is -2.65. The van der Waals surface area contributed by atoms with E-state index in [1.165, 1.54) is 20.8 Å². The van der Waals surface area contributed by atoms with Crippen molar-refractivity contribution in [3.63, 3.8) is 0 Å². The van der Waals surface area contributed by atoms with Crippen molar-refractivity contribution in [2.75, 3.05) is 0 Å². The molecule has 3 aliphatic rings. The molecule has 13 heteroatoms. The molecule has 0 spiro atoms. The summed E-state index contributed by atoms with van der Waals surface area (Å²) in [6.07, 6.45) is -20.8. The van der Waals surface area contributed by atoms with Gasteiger partial charge < -0.3 is 64.5 Å². The molecule has 31 heavy (non-hydrogen) atoms. The van der Waals surface area contributed by atoms with E-state index in [4.69, 9.17) is 23.7 Å². The van der Waals surface area contributed by atoms with Crippen LogP contribution in [0.5, 0.6) is 0 Å². The molecule has 3 aliphatic heterocycles. The molecule has 0 aromatic carbocycles. The number of hydrogen-bond acceptors (Lipinski definition) is 13. The van der Waals surface area contributed by atoms with Gasteiger partial charge in [-0.3, -0.25) is 0 Å². The molecule has 3 heterocycles. The summed E-state index contributed by atoms with van der Waals surface area (Å²) in [5.74, 6) is 0. The van der Waals surface area contributed by atoms with Gasteiger partial charge in [0.2, 0.25) is 0 Å². The van der Waals surface area contributed by atoms with E-state index in [1.807, 2.05) is 0 Å². The van der Waals surface area contributed by atoms with Crippen molar-refractivity contribution >= 4 is 0 Å². The average Bonchev–Trinajstić information content (AvgIpc) is 2.72. The first-order valence-corrected chi connectivity index (χ1v) is 10.2. The summed E-state index contributed by atoms with van der Waals surface area (Å²) < 4.78 is 27.1. The largest absolute Gasteiger partial charge is 0.388 e. The van der Waals surface area contributed by atoms with Crippen molar-refractivity contribution in [3.8, 4) is 0 Å². The van der Waals surface area contributed by atoms with Gasteiger partial charge in [-0.1, -0.05) is 0 Å². The molecule has 0 aromatic heterocycles. The van der Waals surface area contributed by atoms with Gasteiger partial charge in [-0.05, 0) is 20.8 Å². The third-order valence-corrected chi connectivity index (χ3v) is 5.97. The molecule has 182 valence electrons. The maximum atomic E-state index is 10.8. The molecular weight excluding hydrogens is 424 g/mol. The van der Waals surface area contributed by atoms with Crippen LogP contribution in [-0.2, 0) is 23.7 Å². The summed E-state index contributed by atoms with van der Waals surface area (Å²) >= 11 is 0. The van der Waals surface area contributed by atoms with E-state index in [9.17, 15) is 40.9 Å². The Bertz CT molecular complexity index is 547. The zero-order valence-electron chi connectivity index (χ0n) is 17.3. The molecular formula is C18H32O13. The van der Waals surface area contributed by atoms with Gasteiger partial charge in [0, 0.05) is 0 Å². The van der Waals surface area contributed by atoms with Gasteiger partial charge in [-0.15, -0.1) is 0 Å². The smallest absolute Gasteiger partial charge is 0.187 e. The first-order chi connectivity index (χ1) is 14.4. The first-order valence-electron chi connectivity index (χ1n) is 10.2. The van der Waals surface area contributed by atoms with Gasteiger partial charge in [-0.25, -0.2) is 0 Å². The second-order valence-corrected chi connectivity index (χ2v) is 8.29. The quantitative estimate of drug-likeness (QED) is 0.201. The van der Waals surface area contributed by atoms with E-state index in [2.05, 4.69) is 0 Å². The third-order valence-electron chi connectivity index (χ3n) is 5.97. The van der Waals surface area contributed by atoms with Crippen LogP contribution in [0.2, 0.25) is 0 Å². The molecule has 1 unspecified atom stereocenters. The lowest BCUT2D eigenvalue weighted by atomic mass is 9.97. The van der Waals surface area contributed by atoms with Crippen LogP contribution in [0.1, 0.15) is 20.8 Å². The second-order valence-electron chi connectivity index (χ2n) is 8.29. The summed E-state index contributed by atoms with van der Waals surface area (Å²) in [5.41, 5.74) is 0. The number of hydrogen-bond donors (Lipinski definition) is 8. The summed E-state index contributed by atoms with van der Waals surface area (Å²) in [5, 5.41) is 80.8. The summed E-state index contributed by atoms with van der Waals surface area (Å²) in [4.78, 5) is 0. The highest BCUT2D eigenvalue weighted by Crippen LogP contribution is 2.31. The maximum absolute atomic E-state index is 10.8. The molecule has 0 aromatic rings. The topological polar surface area (TPSA) is 208 Å². The number of aliphatic hydroxyl groups excluding tert-OH is 8. The summed E-state index contributed by atoms with van der Waals surface area (Å²) in [7, 11) is 0. The standard InChI is InChI=1S/C18H32O13/c1-4-7(19)9(21)11(23)17(28-4)30-14-6(3)27-16(26)15(13(14)25)31-18-12(24)10(22)8(20)5(2)29-18/h4-26H,1-3H3/t4-,5-,6-,7-,8-,9+,10+,11-,12-,13+,14-,15-,16?,17+,18+/m1/s1. The van der Waals surface area contributed by atoms with Crippen LogP contribution in [0.3, 0.4) is 0 Å². The fourth-order valence-electron chi connectivity index (χ4n) is 3.91. The predicted octanol–water partition coefficient (Wildman–Crippen LogP) is -4.49. The molecule has 8 N–H and O–H groups in total. The summed E-state index contributed by atoms with van der Waals surface area (Å²) in [6.45, 7) is 4.38. The number of aliphatic hydroxyl groups is 8. The Morgan fingerprint density at radius 2 is 0.871 bits per heavy atom. The average molecular weight is 456 g/mol. The van der Waals surface area contributed by atoms with Crippen LogP contribution in [0.25, 0.3) is 0 Å². The SMILES string of the molecule is C[C@H]1O[C@@H](O[C@H]2[C@H](O)[C@@H](O[C@@H]3O[C@H](C)[C@@H](O)[C@H](O)[C@H]3O)C(O)O[C@@H]2C)[C@H](O)[C@@H](O)[C@@H]1O. The molecule has 15 atom stereocenters. The van der Waals surface area contributed by atoms with Crippen LogP contribution >= 0.6 is 0 Å². The Labute approximate surface area is 178 Å². The Hall–Kier alpha value is -0.520. The lowest BCUT2D eigenvalue weighted by Gasteiger charge is -2.47. The van der Waals surface area contributed by atoms with E-state index in [0.29, 0.717) is 0 Å². The summed E-state index contributed by atoms with van der Waals surface area (Å²) in [6, 6.07) is 0. The van der Waals surface area contributed by atoms with Crippen molar-refractivity contribution in [1.29, 1.82) is 0 Å². The highest BCUT2D eigenvalue weighted by Gasteiger charge is 2.51. The van der Waals surface area contributed by atoms with E-state index < -0.39 is 92.1 Å². The molecule has 0 bridgehead atoms. The molecule has 0 aliphatic carbocycles. The normalized spacial score (nSPS) is 56.4. The fourth-order valence-corrected chi connectivity index (χ4v) is 3.91. The highest BCUT2D eigenvalue weighted by molar-refractivity contribution is 4.94. The van der Waals surface area contributed by atoms with Crippen LogP contribution in [0.4, 0.5) is 0 Å². The van der Waals surface area contributed by atoms with E-state index in [-0.39, 0.29) is 0 Å². The van der Waals surface area contributed by atoms with Crippen LogP contribution in [0.15, 0.2) is 0 Å². The molecule has 13 nitrogen and oxygen atoms in total. The van der Waals surface area contributed by atoms with Crippen LogP contribution < -0.4 is 0 Å². The third kappa shape index (κ3) is 4.89. The van der Waals surface area contributed by atoms with Gasteiger partial charge in [0.05, 0.1) is 18.3 Å². The van der Waals surface area contributed by atoms with E-state index >= 15 is 0 Å². The molecule has 3 saturated heterocycles. The van der Waals surface area contributed by atoms with Gasteiger partial charge in [0.15, 0.2) is 18.9 Å². The van der Waals surface area contributed by atoms with Gasteiger partial charge in [-0.2, -0.15) is 0 Å². The van der Waals surface area contributed by atoms with E-state index in [0.717, 1.165) is 0 Å². The lowest BCUT2D eigenvalue weighted by molar-refractivity contribution is -0.376. The number of ether oxygens (including phenoxy) is 5. The van der Waals surface area contributed by atoms with Crippen molar-refractivity contribution in [2.45, 2.75) is 113 Å². The van der Waals surface area contributed by atoms with Crippen molar-refractivity contribution in [1.82, 2.24) is 0 Å². The van der Waals surface area contributed by atoms with Crippen molar-refractivity contribution in [2.24, 2.45) is 0 Å². The van der Waals surface area contributed by atoms with Gasteiger partial charge >= 0.3 is 0 Å². The fraction of sp³-hybridized carbons (Fsp3) is 1.00. The monoisotopic (exact) mass is 456 g/mol. The predicted molar refractivity (Wildman–Crippen MR) is 97.0 cm³/mol. The molecule has 3 rings (SSSR count). The second kappa shape index (κ2) is 9.77. The molecule has 0 radical (unpaired) electrons. The van der Waals surface area contributed by atoms with Crippen molar-refractivity contribution < 1.29 is 64.5 Å². The molecule has 3 fully saturated rings. The minimum Gasteiger partial charge on any atom is -0.388 e. The van der Waals surface area contributed by atoms with Gasteiger partial charge in [0.1, 0.15) is 54.9 Å². The van der Waals surface area contributed by atoms with Gasteiger partial charge in [0.25, 0.3) is 0 Å². The number of rotatable bonds is 4. The highest BCUT2D eigenvalue weighted by atomic mass is 16.7. The van der Waals surface area contributed by atoms with Crippen LogP contribution in [0, 0.1) is 0 Å². The molecule has 0 saturated carbocycles. The zero-order valence-corrected chi connectivity index (χ0v) is 17.3. The molecule has 0 amide bonds. The van der Waals surface area contributed by atoms with Crippen LogP contribution in [-0.4, -0.2) is 133 Å². The minimum atomic E-state index is -1.68. The Morgan fingerprint density at radius 1 is 0.452 bits per heavy atom. The minimum absolute atomic E-state index is 0.877. The first kappa shape index (κ1) is 25.1. The Balaban J connectivity index is 1.71. The van der Waals surface area contributed by atoms with E-state index in [1.54, 1.807) is 0 Å².